The van der Waals surface area contributed by atoms with Gasteiger partial charge in [0.25, 0.3) is 5.69 Å². The molecule has 2 amide bonds. The Labute approximate surface area is 215 Å². The van der Waals surface area contributed by atoms with Crippen molar-refractivity contribution in [2.75, 3.05) is 30.8 Å². The molecule has 1 N–H and O–H groups in total. The van der Waals surface area contributed by atoms with Crippen LogP contribution < -0.4 is 14.4 Å². The summed E-state index contributed by atoms with van der Waals surface area (Å²) in [7, 11) is -2.87. The predicted octanol–water partition coefficient (Wildman–Crippen LogP) is 2.84. The van der Waals surface area contributed by atoms with Crippen LogP contribution in [-0.2, 0) is 26.2 Å². The normalized spacial score (nSPS) is 11.9. The lowest BCUT2D eigenvalue weighted by Gasteiger charge is -2.33. The van der Waals surface area contributed by atoms with E-state index in [1.807, 2.05) is 6.92 Å². The molecule has 37 heavy (non-hydrogen) atoms. The molecule has 0 spiro atoms. The second kappa shape index (κ2) is 13.0. The number of nitrogens with zero attached hydrogens (tertiary/aromatic N) is 3. The average Bonchev–Trinajstić information content (AvgIpc) is 2.85. The molecule has 13 heteroatoms. The van der Waals surface area contributed by atoms with E-state index >= 15 is 0 Å². The van der Waals surface area contributed by atoms with Gasteiger partial charge in [0.1, 0.15) is 29.8 Å². The van der Waals surface area contributed by atoms with Gasteiger partial charge in [-0.25, -0.2) is 12.8 Å². The summed E-state index contributed by atoms with van der Waals surface area (Å²) in [5, 5.41) is 14.1. The standard InChI is InChI=1S/C24H31FN4O7S/c1-5-13-26-24(31)20(6-2)27(15-17-7-9-18(25)10-8-17)23(30)16-28(37(4,34)35)21-14-19(29(32)33)11-12-22(21)36-3/h7-12,14,20H,5-6,13,15-16H2,1-4H3,(H,26,31)/t20-/m1/s1. The van der Waals surface area contributed by atoms with Gasteiger partial charge >= 0.3 is 0 Å². The fourth-order valence-corrected chi connectivity index (χ4v) is 4.50. The van der Waals surface area contributed by atoms with Gasteiger partial charge in [0, 0.05) is 25.2 Å². The minimum Gasteiger partial charge on any atom is -0.495 e. The van der Waals surface area contributed by atoms with Crippen LogP contribution in [0.15, 0.2) is 42.5 Å². The molecular weight excluding hydrogens is 507 g/mol. The molecule has 0 saturated heterocycles. The van der Waals surface area contributed by atoms with E-state index < -0.39 is 50.9 Å². The number of carbonyl (C=O) groups is 2. The summed E-state index contributed by atoms with van der Waals surface area (Å²) in [5.41, 5.74) is -0.0708. The maximum Gasteiger partial charge on any atom is 0.271 e. The Kier molecular flexibility index (Phi) is 10.4. The first kappa shape index (κ1) is 29.5. The third kappa shape index (κ3) is 7.87. The molecule has 2 aromatic rings. The number of methoxy groups -OCH3 is 1. The van der Waals surface area contributed by atoms with Gasteiger partial charge in [-0.15, -0.1) is 0 Å². The number of carbonyl (C=O) groups excluding carboxylic acids is 2. The lowest BCUT2D eigenvalue weighted by molar-refractivity contribution is -0.384. The first-order valence-electron chi connectivity index (χ1n) is 11.5. The van der Waals surface area contributed by atoms with Gasteiger partial charge in [-0.3, -0.25) is 24.0 Å². The summed E-state index contributed by atoms with van der Waals surface area (Å²) in [5.74, 6) is -1.63. The van der Waals surface area contributed by atoms with Crippen molar-refractivity contribution < 1.29 is 32.1 Å². The molecule has 0 radical (unpaired) electrons. The minimum absolute atomic E-state index is 0.00152. The van der Waals surface area contributed by atoms with Crippen molar-refractivity contribution in [3.05, 3.63) is 64.0 Å². The average molecular weight is 539 g/mol. The first-order chi connectivity index (χ1) is 17.4. The highest BCUT2D eigenvalue weighted by Gasteiger charge is 2.33. The number of non-ortho nitro benzene ring substituents is 1. The number of hydrogen-bond acceptors (Lipinski definition) is 7. The maximum atomic E-state index is 13.6. The molecule has 0 fully saturated rings. The van der Waals surface area contributed by atoms with Crippen molar-refractivity contribution in [1.29, 1.82) is 0 Å². The molecule has 0 aliphatic rings. The number of benzene rings is 2. The van der Waals surface area contributed by atoms with Gasteiger partial charge in [-0.2, -0.15) is 0 Å². The van der Waals surface area contributed by atoms with Crippen molar-refractivity contribution in [3.8, 4) is 5.75 Å². The molecule has 202 valence electrons. The lowest BCUT2D eigenvalue weighted by atomic mass is 10.1. The van der Waals surface area contributed by atoms with E-state index in [1.165, 1.54) is 42.3 Å². The third-order valence-electron chi connectivity index (χ3n) is 5.52. The molecule has 0 unspecified atom stereocenters. The summed E-state index contributed by atoms with van der Waals surface area (Å²) in [4.78, 5) is 38.4. The predicted molar refractivity (Wildman–Crippen MR) is 136 cm³/mol. The van der Waals surface area contributed by atoms with E-state index in [2.05, 4.69) is 5.32 Å². The topological polar surface area (TPSA) is 139 Å². The Morgan fingerprint density at radius 3 is 2.32 bits per heavy atom. The minimum atomic E-state index is -4.13. The van der Waals surface area contributed by atoms with Crippen molar-refractivity contribution in [1.82, 2.24) is 10.2 Å². The van der Waals surface area contributed by atoms with Gasteiger partial charge in [0.15, 0.2) is 0 Å². The summed E-state index contributed by atoms with van der Waals surface area (Å²) < 4.78 is 44.9. The number of sulfonamides is 1. The van der Waals surface area contributed by atoms with Crippen molar-refractivity contribution in [2.24, 2.45) is 0 Å². The zero-order valence-electron chi connectivity index (χ0n) is 21.1. The largest absolute Gasteiger partial charge is 0.495 e. The van der Waals surface area contributed by atoms with Gasteiger partial charge in [-0.05, 0) is 36.6 Å². The van der Waals surface area contributed by atoms with Gasteiger partial charge in [0.05, 0.1) is 18.3 Å². The second-order valence-corrected chi connectivity index (χ2v) is 10.2. The molecule has 0 aliphatic carbocycles. The quantitative estimate of drug-likeness (QED) is 0.306. The van der Waals surface area contributed by atoms with Gasteiger partial charge in [0.2, 0.25) is 21.8 Å². The van der Waals surface area contributed by atoms with Crippen LogP contribution in [0.3, 0.4) is 0 Å². The summed E-state index contributed by atoms with van der Waals surface area (Å²) >= 11 is 0. The van der Waals surface area contributed by atoms with Crippen molar-refractivity contribution >= 4 is 33.2 Å². The first-order valence-corrected chi connectivity index (χ1v) is 13.4. The van der Waals surface area contributed by atoms with Crippen LogP contribution in [0.5, 0.6) is 5.75 Å². The van der Waals surface area contributed by atoms with E-state index in [-0.39, 0.29) is 24.4 Å². The number of ether oxygens (including phenoxy) is 1. The smallest absolute Gasteiger partial charge is 0.271 e. The number of amides is 2. The number of hydrogen-bond donors (Lipinski definition) is 1. The number of rotatable bonds is 13. The zero-order chi connectivity index (χ0) is 27.8. The van der Waals surface area contributed by atoms with Crippen LogP contribution in [0.25, 0.3) is 0 Å². The van der Waals surface area contributed by atoms with E-state index in [9.17, 15) is 32.5 Å². The molecule has 2 aromatic carbocycles. The van der Waals surface area contributed by atoms with Crippen molar-refractivity contribution in [2.45, 2.75) is 39.3 Å². The second-order valence-electron chi connectivity index (χ2n) is 8.25. The van der Waals surface area contributed by atoms with Crippen molar-refractivity contribution in [3.63, 3.8) is 0 Å². The highest BCUT2D eigenvalue weighted by Crippen LogP contribution is 2.34. The fourth-order valence-electron chi connectivity index (χ4n) is 3.65. The van der Waals surface area contributed by atoms with E-state index in [4.69, 9.17) is 4.74 Å². The Morgan fingerprint density at radius 2 is 1.81 bits per heavy atom. The monoisotopic (exact) mass is 538 g/mol. The Balaban J connectivity index is 2.54. The zero-order valence-corrected chi connectivity index (χ0v) is 22.0. The van der Waals surface area contributed by atoms with Crippen LogP contribution in [0.4, 0.5) is 15.8 Å². The van der Waals surface area contributed by atoms with Crippen LogP contribution >= 0.6 is 0 Å². The molecule has 0 saturated carbocycles. The SMILES string of the molecule is CCCNC(=O)[C@@H](CC)N(Cc1ccc(F)cc1)C(=O)CN(c1cc([N+](=O)[O-])ccc1OC)S(C)(=O)=O. The highest BCUT2D eigenvalue weighted by atomic mass is 32.2. The van der Waals surface area contributed by atoms with Crippen LogP contribution in [0, 0.1) is 15.9 Å². The molecule has 0 aliphatic heterocycles. The summed E-state index contributed by atoms with van der Waals surface area (Å²) in [6, 6.07) is 7.80. The number of halogens is 1. The maximum absolute atomic E-state index is 13.6. The van der Waals surface area contributed by atoms with E-state index in [1.54, 1.807) is 6.92 Å². The van der Waals surface area contributed by atoms with E-state index in [0.29, 0.717) is 22.8 Å². The highest BCUT2D eigenvalue weighted by molar-refractivity contribution is 7.92. The Bertz CT molecular complexity index is 1220. The molecule has 0 bridgehead atoms. The Hall–Kier alpha value is -3.74. The molecule has 11 nitrogen and oxygen atoms in total. The number of nitrogens with one attached hydrogen (secondary N) is 1. The third-order valence-corrected chi connectivity index (χ3v) is 6.65. The summed E-state index contributed by atoms with van der Waals surface area (Å²) in [6.07, 6.45) is 1.75. The van der Waals surface area contributed by atoms with Gasteiger partial charge in [-0.1, -0.05) is 26.0 Å². The van der Waals surface area contributed by atoms with Crippen LogP contribution in [0.2, 0.25) is 0 Å². The van der Waals surface area contributed by atoms with Gasteiger partial charge < -0.3 is 15.0 Å². The number of nitro groups is 1. The van der Waals surface area contributed by atoms with Crippen LogP contribution in [0.1, 0.15) is 32.3 Å². The fraction of sp³-hybridized carbons (Fsp3) is 0.417. The molecule has 0 heterocycles. The molecule has 1 atom stereocenters. The number of anilines is 1. The lowest BCUT2D eigenvalue weighted by Crippen LogP contribution is -2.52. The Morgan fingerprint density at radius 1 is 1.16 bits per heavy atom. The van der Waals surface area contributed by atoms with Crippen LogP contribution in [-0.4, -0.2) is 62.6 Å². The molecular formula is C24H31FN4O7S. The van der Waals surface area contributed by atoms with E-state index in [0.717, 1.165) is 18.4 Å². The molecule has 2 rings (SSSR count). The molecule has 0 aromatic heterocycles. The summed E-state index contributed by atoms with van der Waals surface area (Å²) in [6.45, 7) is 3.11. The number of nitro benzene ring substituents is 1.